The van der Waals surface area contributed by atoms with E-state index in [1.54, 1.807) is 38.1 Å². The lowest BCUT2D eigenvalue weighted by Crippen LogP contribution is -2.39. The minimum atomic E-state index is -0.808. The summed E-state index contributed by atoms with van der Waals surface area (Å²) < 4.78 is 12.1. The normalized spacial score (nSPS) is 15.4. The van der Waals surface area contributed by atoms with Crippen molar-refractivity contribution in [2.24, 2.45) is 4.99 Å². The van der Waals surface area contributed by atoms with Crippen molar-refractivity contribution in [1.29, 1.82) is 0 Å². The molecule has 0 amide bonds. The number of carbonyl (C=O) groups is 1. The molecule has 0 unspecified atom stereocenters. The van der Waals surface area contributed by atoms with Crippen LogP contribution in [-0.2, 0) is 9.53 Å². The molecular formula is C24H21N3O7S. The second-order valence-corrected chi connectivity index (χ2v) is 8.56. The zero-order chi connectivity index (χ0) is 25.3. The smallest absolute Gasteiger partial charge is 0.338 e. The number of allylic oxidation sites excluding steroid dienone is 1. The Morgan fingerprint density at radius 2 is 2.00 bits per heavy atom. The van der Waals surface area contributed by atoms with Crippen LogP contribution in [0.2, 0.25) is 0 Å². The predicted octanol–water partition coefficient (Wildman–Crippen LogP) is 2.42. The number of rotatable bonds is 6. The van der Waals surface area contributed by atoms with E-state index < -0.39 is 33.9 Å². The molecule has 0 radical (unpaired) electrons. The van der Waals surface area contributed by atoms with Crippen LogP contribution in [0.15, 0.2) is 63.5 Å². The van der Waals surface area contributed by atoms with E-state index in [0.717, 1.165) is 11.3 Å². The molecule has 2 heterocycles. The monoisotopic (exact) mass is 495 g/mol. The number of hydrogen-bond donors (Lipinski definition) is 1. The molecule has 1 atom stereocenters. The maximum Gasteiger partial charge on any atom is 0.338 e. The molecule has 0 fully saturated rings. The second-order valence-electron chi connectivity index (χ2n) is 7.55. The van der Waals surface area contributed by atoms with Gasteiger partial charge in [-0.15, -0.1) is 0 Å². The first-order chi connectivity index (χ1) is 16.8. The molecule has 1 N–H and O–H groups in total. The van der Waals surface area contributed by atoms with E-state index in [1.807, 2.05) is 0 Å². The minimum absolute atomic E-state index is 0.117. The van der Waals surface area contributed by atoms with Gasteiger partial charge < -0.3 is 14.6 Å². The largest absolute Gasteiger partial charge is 0.502 e. The Bertz CT molecular complexity index is 1530. The van der Waals surface area contributed by atoms with Gasteiger partial charge in [-0.2, -0.15) is 0 Å². The van der Waals surface area contributed by atoms with Crippen LogP contribution in [0.1, 0.15) is 31.0 Å². The molecule has 4 rings (SSSR count). The Morgan fingerprint density at radius 3 is 2.63 bits per heavy atom. The van der Waals surface area contributed by atoms with E-state index in [9.17, 15) is 24.8 Å². The third-order valence-corrected chi connectivity index (χ3v) is 6.46. The average molecular weight is 496 g/mol. The van der Waals surface area contributed by atoms with Crippen molar-refractivity contribution >= 4 is 29.1 Å². The third-order valence-electron chi connectivity index (χ3n) is 5.48. The van der Waals surface area contributed by atoms with Gasteiger partial charge in [-0.25, -0.2) is 9.79 Å². The van der Waals surface area contributed by atoms with Crippen LogP contribution >= 0.6 is 11.3 Å². The van der Waals surface area contributed by atoms with Gasteiger partial charge in [-0.05, 0) is 37.6 Å². The van der Waals surface area contributed by atoms with Gasteiger partial charge in [0, 0.05) is 11.6 Å². The van der Waals surface area contributed by atoms with E-state index >= 15 is 0 Å². The Hall–Kier alpha value is -4.25. The number of nitro benzene ring substituents is 1. The maximum absolute atomic E-state index is 13.6. The minimum Gasteiger partial charge on any atom is -0.502 e. The molecule has 0 saturated heterocycles. The van der Waals surface area contributed by atoms with E-state index in [-0.39, 0.29) is 22.3 Å². The van der Waals surface area contributed by atoms with Crippen LogP contribution in [0.3, 0.4) is 0 Å². The lowest BCUT2D eigenvalue weighted by molar-refractivity contribution is -0.385. The molecule has 1 aromatic heterocycles. The molecule has 0 saturated carbocycles. The number of ether oxygens (including phenoxy) is 2. The molecular weight excluding hydrogens is 474 g/mol. The van der Waals surface area contributed by atoms with E-state index in [4.69, 9.17) is 9.47 Å². The van der Waals surface area contributed by atoms with Crippen molar-refractivity contribution < 1.29 is 24.3 Å². The predicted molar refractivity (Wildman–Crippen MR) is 128 cm³/mol. The van der Waals surface area contributed by atoms with Gasteiger partial charge in [0.05, 0.1) is 40.5 Å². The molecule has 2 aromatic carbocycles. The summed E-state index contributed by atoms with van der Waals surface area (Å²) in [5.41, 5.74) is 0.475. The number of esters is 1. The summed E-state index contributed by atoms with van der Waals surface area (Å²) in [5, 5.41) is 21.5. The SMILES string of the molecule is CCOC(=O)C1=C(C)N=c2s/c(=C\c3cccc([N+](=O)[O-])c3O)c(=O)n2[C@@H]1c1ccc(OC)cc1. The highest BCUT2D eigenvalue weighted by Gasteiger charge is 2.33. The summed E-state index contributed by atoms with van der Waals surface area (Å²) in [6.45, 7) is 3.52. The van der Waals surface area contributed by atoms with E-state index in [2.05, 4.69) is 4.99 Å². The Morgan fingerprint density at radius 1 is 1.29 bits per heavy atom. The number of hydrogen-bond acceptors (Lipinski definition) is 9. The Kier molecular flexibility index (Phi) is 6.52. The van der Waals surface area contributed by atoms with Crippen molar-refractivity contribution in [3.63, 3.8) is 0 Å². The number of aromatic nitrogens is 1. The second kappa shape index (κ2) is 9.55. The number of methoxy groups -OCH3 is 1. The summed E-state index contributed by atoms with van der Waals surface area (Å²) in [5.74, 6) is -0.515. The van der Waals surface area contributed by atoms with Gasteiger partial charge in [0.1, 0.15) is 5.75 Å². The molecule has 0 bridgehead atoms. The van der Waals surface area contributed by atoms with E-state index in [1.165, 1.54) is 36.0 Å². The molecule has 180 valence electrons. The number of nitro groups is 1. The summed E-state index contributed by atoms with van der Waals surface area (Å²) in [7, 11) is 1.54. The lowest BCUT2D eigenvalue weighted by Gasteiger charge is -2.24. The molecule has 11 heteroatoms. The lowest BCUT2D eigenvalue weighted by atomic mass is 9.96. The standard InChI is InChI=1S/C24H21N3O7S/c1-4-34-23(30)19-13(2)25-24-26(20(19)14-8-10-16(33-3)11-9-14)22(29)18(35-24)12-15-6-5-7-17(21(15)28)27(31)32/h5-12,20,28H,4H2,1-3H3/b18-12-/t20-/m1/s1. The number of para-hydroxylation sites is 1. The third kappa shape index (κ3) is 4.33. The fourth-order valence-electron chi connectivity index (χ4n) is 3.85. The van der Waals surface area contributed by atoms with Gasteiger partial charge in [0.2, 0.25) is 5.75 Å². The highest BCUT2D eigenvalue weighted by atomic mass is 32.1. The number of phenolic OH excluding ortho intramolecular Hbond substituents is 1. The fourth-order valence-corrected chi connectivity index (χ4v) is 4.88. The van der Waals surface area contributed by atoms with Crippen LogP contribution in [0.5, 0.6) is 11.5 Å². The number of thiazole rings is 1. The average Bonchev–Trinajstić information content (AvgIpc) is 3.13. The van der Waals surface area contributed by atoms with Gasteiger partial charge in [0.25, 0.3) is 5.56 Å². The summed E-state index contributed by atoms with van der Waals surface area (Å²) in [6.07, 6.45) is 1.38. The van der Waals surface area contributed by atoms with Crippen molar-refractivity contribution in [1.82, 2.24) is 4.57 Å². The Labute approximate surface area is 202 Å². The van der Waals surface area contributed by atoms with Gasteiger partial charge >= 0.3 is 11.7 Å². The van der Waals surface area contributed by atoms with Crippen LogP contribution in [0.25, 0.3) is 6.08 Å². The van der Waals surface area contributed by atoms with Gasteiger partial charge in [-0.1, -0.05) is 35.6 Å². The number of benzene rings is 2. The van der Waals surface area contributed by atoms with Gasteiger partial charge in [0.15, 0.2) is 4.80 Å². The fraction of sp³-hybridized carbons (Fsp3) is 0.208. The first-order valence-corrected chi connectivity index (χ1v) is 11.4. The van der Waals surface area contributed by atoms with Crippen molar-refractivity contribution in [2.75, 3.05) is 13.7 Å². The van der Waals surface area contributed by atoms with Crippen molar-refractivity contribution in [2.45, 2.75) is 19.9 Å². The first-order valence-electron chi connectivity index (χ1n) is 10.6. The molecule has 3 aromatic rings. The van der Waals surface area contributed by atoms with Crippen LogP contribution < -0.4 is 19.6 Å². The maximum atomic E-state index is 13.6. The number of aromatic hydroxyl groups is 1. The molecule has 0 aliphatic carbocycles. The molecule has 0 spiro atoms. The zero-order valence-electron chi connectivity index (χ0n) is 19.0. The van der Waals surface area contributed by atoms with Crippen molar-refractivity contribution in [3.8, 4) is 11.5 Å². The van der Waals surface area contributed by atoms with Crippen molar-refractivity contribution in [3.05, 3.63) is 94.7 Å². The number of phenols is 1. The Balaban J connectivity index is 1.95. The molecule has 1 aliphatic rings. The highest BCUT2D eigenvalue weighted by molar-refractivity contribution is 7.07. The summed E-state index contributed by atoms with van der Waals surface area (Å²) >= 11 is 1.05. The number of carbonyl (C=O) groups excluding carboxylic acids is 1. The molecule has 1 aliphatic heterocycles. The quantitative estimate of drug-likeness (QED) is 0.315. The topological polar surface area (TPSA) is 133 Å². The van der Waals surface area contributed by atoms with Crippen LogP contribution in [0, 0.1) is 10.1 Å². The van der Waals surface area contributed by atoms with Gasteiger partial charge in [-0.3, -0.25) is 19.5 Å². The highest BCUT2D eigenvalue weighted by Crippen LogP contribution is 2.32. The number of fused-ring (bicyclic) bond motifs is 1. The zero-order valence-corrected chi connectivity index (χ0v) is 19.9. The molecule has 35 heavy (non-hydrogen) atoms. The van der Waals surface area contributed by atoms with E-state index in [0.29, 0.717) is 21.8 Å². The summed E-state index contributed by atoms with van der Waals surface area (Å²) in [4.78, 5) is 41.8. The van der Waals surface area contributed by atoms with Crippen LogP contribution in [0.4, 0.5) is 5.69 Å². The number of nitrogens with zero attached hydrogens (tertiary/aromatic N) is 3. The molecule has 10 nitrogen and oxygen atoms in total. The first kappa shape index (κ1) is 23.9. The summed E-state index contributed by atoms with van der Waals surface area (Å²) in [6, 6.07) is 10.2. The van der Waals surface area contributed by atoms with Crippen LogP contribution in [-0.4, -0.2) is 34.3 Å².